The fourth-order valence-electron chi connectivity index (χ4n) is 4.82. The van der Waals surface area contributed by atoms with Crippen molar-refractivity contribution in [1.82, 2.24) is 9.97 Å². The number of aromatic nitrogens is 2. The highest BCUT2D eigenvalue weighted by molar-refractivity contribution is 5.51. The molecule has 5 heteroatoms. The Morgan fingerprint density at radius 3 is 2.72 bits per heavy atom. The third-order valence-corrected chi connectivity index (χ3v) is 6.28. The zero-order valence-corrected chi connectivity index (χ0v) is 15.1. The molecule has 0 aromatic carbocycles. The van der Waals surface area contributed by atoms with Gasteiger partial charge in [-0.2, -0.15) is 0 Å². The lowest BCUT2D eigenvalue weighted by Crippen LogP contribution is -2.44. The van der Waals surface area contributed by atoms with Crippen LogP contribution in [0.25, 0.3) is 0 Å². The SMILES string of the molecule is OC[C@H]1CCCN(c2cc(N3CCC[C@@]4(CC=CCC4)C3)ncn2)C1. The second kappa shape index (κ2) is 7.32. The van der Waals surface area contributed by atoms with E-state index in [1.54, 1.807) is 6.33 Å². The van der Waals surface area contributed by atoms with Gasteiger partial charge in [0, 0.05) is 38.9 Å². The number of rotatable bonds is 3. The molecule has 2 saturated heterocycles. The molecule has 1 N–H and O–H groups in total. The Morgan fingerprint density at radius 2 is 1.92 bits per heavy atom. The smallest absolute Gasteiger partial charge is 0.134 e. The number of anilines is 2. The minimum Gasteiger partial charge on any atom is -0.396 e. The summed E-state index contributed by atoms with van der Waals surface area (Å²) in [6.07, 6.45) is 15.0. The molecule has 5 nitrogen and oxygen atoms in total. The Kier molecular flexibility index (Phi) is 4.93. The van der Waals surface area contributed by atoms with Crippen LogP contribution in [0.15, 0.2) is 24.5 Å². The molecule has 0 amide bonds. The van der Waals surface area contributed by atoms with E-state index >= 15 is 0 Å². The first-order valence-corrected chi connectivity index (χ1v) is 9.86. The first-order valence-electron chi connectivity index (χ1n) is 9.86. The topological polar surface area (TPSA) is 52.5 Å². The number of allylic oxidation sites excluding steroid dienone is 2. The highest BCUT2D eigenvalue weighted by Gasteiger charge is 2.35. The molecule has 0 unspecified atom stereocenters. The summed E-state index contributed by atoms with van der Waals surface area (Å²) in [7, 11) is 0. The van der Waals surface area contributed by atoms with Crippen molar-refractivity contribution in [2.24, 2.45) is 11.3 Å². The highest BCUT2D eigenvalue weighted by Crippen LogP contribution is 2.41. The molecule has 0 radical (unpaired) electrons. The molecule has 1 spiro atoms. The van der Waals surface area contributed by atoms with Crippen LogP contribution in [0.2, 0.25) is 0 Å². The molecule has 1 aromatic heterocycles. The van der Waals surface area contributed by atoms with E-state index in [-0.39, 0.29) is 6.61 Å². The van der Waals surface area contributed by atoms with Gasteiger partial charge in [0.1, 0.15) is 18.0 Å². The van der Waals surface area contributed by atoms with E-state index in [4.69, 9.17) is 0 Å². The van der Waals surface area contributed by atoms with E-state index < -0.39 is 0 Å². The highest BCUT2D eigenvalue weighted by atomic mass is 16.3. The lowest BCUT2D eigenvalue weighted by molar-refractivity contribution is 0.208. The molecule has 2 atom stereocenters. The number of hydrogen-bond donors (Lipinski definition) is 1. The van der Waals surface area contributed by atoms with Crippen LogP contribution in [0.4, 0.5) is 11.6 Å². The van der Waals surface area contributed by atoms with Gasteiger partial charge in [-0.15, -0.1) is 0 Å². The predicted molar refractivity (Wildman–Crippen MR) is 101 cm³/mol. The Balaban J connectivity index is 1.50. The van der Waals surface area contributed by atoms with Crippen LogP contribution < -0.4 is 9.80 Å². The summed E-state index contributed by atoms with van der Waals surface area (Å²) in [6, 6.07) is 2.16. The molecule has 1 aromatic rings. The fourth-order valence-corrected chi connectivity index (χ4v) is 4.82. The minimum absolute atomic E-state index is 0.274. The van der Waals surface area contributed by atoms with Crippen LogP contribution in [0.1, 0.15) is 44.9 Å². The van der Waals surface area contributed by atoms with Gasteiger partial charge in [-0.05, 0) is 56.3 Å². The van der Waals surface area contributed by atoms with Gasteiger partial charge in [0.25, 0.3) is 0 Å². The minimum atomic E-state index is 0.274. The Morgan fingerprint density at radius 1 is 1.08 bits per heavy atom. The average molecular weight is 342 g/mol. The Bertz CT molecular complexity index is 619. The van der Waals surface area contributed by atoms with Gasteiger partial charge in [0.2, 0.25) is 0 Å². The second-order valence-electron chi connectivity index (χ2n) is 8.11. The van der Waals surface area contributed by atoms with E-state index in [0.29, 0.717) is 11.3 Å². The average Bonchev–Trinajstić information content (AvgIpc) is 2.69. The monoisotopic (exact) mass is 342 g/mol. The maximum Gasteiger partial charge on any atom is 0.134 e. The van der Waals surface area contributed by atoms with Crippen molar-refractivity contribution >= 4 is 11.6 Å². The predicted octanol–water partition coefficient (Wildman–Crippen LogP) is 3.01. The number of nitrogens with zero attached hydrogens (tertiary/aromatic N) is 4. The lowest BCUT2D eigenvalue weighted by atomic mass is 9.71. The van der Waals surface area contributed by atoms with E-state index in [9.17, 15) is 5.11 Å². The number of aliphatic hydroxyl groups is 1. The van der Waals surface area contributed by atoms with Gasteiger partial charge in [-0.3, -0.25) is 0 Å². The Hall–Kier alpha value is -1.62. The molecule has 0 bridgehead atoms. The molecular weight excluding hydrogens is 312 g/mol. The number of piperidine rings is 2. The van der Waals surface area contributed by atoms with E-state index in [1.807, 2.05) is 0 Å². The van der Waals surface area contributed by atoms with Crippen LogP contribution in [-0.2, 0) is 0 Å². The largest absolute Gasteiger partial charge is 0.396 e. The summed E-state index contributed by atoms with van der Waals surface area (Å²) in [5.74, 6) is 2.47. The molecule has 2 fully saturated rings. The van der Waals surface area contributed by atoms with Crippen molar-refractivity contribution in [2.45, 2.75) is 44.9 Å². The summed E-state index contributed by atoms with van der Waals surface area (Å²) in [5, 5.41) is 9.48. The van der Waals surface area contributed by atoms with E-state index in [2.05, 4.69) is 38.0 Å². The van der Waals surface area contributed by atoms with Crippen LogP contribution >= 0.6 is 0 Å². The van der Waals surface area contributed by atoms with Crippen LogP contribution in [0.5, 0.6) is 0 Å². The van der Waals surface area contributed by atoms with Crippen molar-refractivity contribution in [3.05, 3.63) is 24.5 Å². The van der Waals surface area contributed by atoms with Gasteiger partial charge in [-0.25, -0.2) is 9.97 Å². The molecular formula is C20H30N4O. The second-order valence-corrected chi connectivity index (χ2v) is 8.11. The van der Waals surface area contributed by atoms with Gasteiger partial charge in [0.05, 0.1) is 0 Å². The van der Waals surface area contributed by atoms with E-state index in [0.717, 1.165) is 50.7 Å². The maximum absolute atomic E-state index is 9.48. The van der Waals surface area contributed by atoms with Gasteiger partial charge in [-0.1, -0.05) is 12.2 Å². The first-order chi connectivity index (χ1) is 12.3. The molecule has 25 heavy (non-hydrogen) atoms. The molecule has 3 aliphatic rings. The molecule has 4 rings (SSSR count). The standard InChI is InChI=1S/C20H30N4O/c25-14-17-6-4-10-23(13-17)18-12-19(22-16-21-18)24-11-5-9-20(15-24)7-2-1-3-8-20/h1-2,12,16-17,25H,3-11,13-15H2/t17-,20-/m0/s1. The molecule has 0 saturated carbocycles. The third-order valence-electron chi connectivity index (χ3n) is 6.28. The normalized spacial score (nSPS) is 30.0. The summed E-state index contributed by atoms with van der Waals surface area (Å²) in [5.41, 5.74) is 0.450. The summed E-state index contributed by atoms with van der Waals surface area (Å²) in [4.78, 5) is 13.9. The number of hydrogen-bond acceptors (Lipinski definition) is 5. The quantitative estimate of drug-likeness (QED) is 0.856. The summed E-state index contributed by atoms with van der Waals surface area (Å²) < 4.78 is 0. The van der Waals surface area contributed by atoms with Gasteiger partial charge < -0.3 is 14.9 Å². The zero-order chi connectivity index (χ0) is 17.1. The third kappa shape index (κ3) is 3.66. The van der Waals surface area contributed by atoms with Crippen molar-refractivity contribution in [3.8, 4) is 0 Å². The summed E-state index contributed by atoms with van der Waals surface area (Å²) >= 11 is 0. The first kappa shape index (κ1) is 16.8. The molecule has 2 aliphatic heterocycles. The Labute approximate surface area is 150 Å². The zero-order valence-electron chi connectivity index (χ0n) is 15.1. The van der Waals surface area contributed by atoms with Gasteiger partial charge >= 0.3 is 0 Å². The molecule has 3 heterocycles. The van der Waals surface area contributed by atoms with E-state index in [1.165, 1.54) is 32.1 Å². The molecule has 1 aliphatic carbocycles. The lowest BCUT2D eigenvalue weighted by Gasteiger charge is -2.44. The number of aliphatic hydroxyl groups excluding tert-OH is 1. The van der Waals surface area contributed by atoms with Crippen LogP contribution in [0.3, 0.4) is 0 Å². The van der Waals surface area contributed by atoms with Crippen molar-refractivity contribution in [1.29, 1.82) is 0 Å². The van der Waals surface area contributed by atoms with Crippen LogP contribution in [-0.4, -0.2) is 47.9 Å². The fraction of sp³-hybridized carbons (Fsp3) is 0.700. The molecule has 136 valence electrons. The van der Waals surface area contributed by atoms with Crippen LogP contribution in [0, 0.1) is 11.3 Å². The van der Waals surface area contributed by atoms with Gasteiger partial charge in [0.15, 0.2) is 0 Å². The summed E-state index contributed by atoms with van der Waals surface area (Å²) in [6.45, 7) is 4.42. The maximum atomic E-state index is 9.48. The van der Waals surface area contributed by atoms with Crippen molar-refractivity contribution in [3.63, 3.8) is 0 Å². The van der Waals surface area contributed by atoms with Crippen molar-refractivity contribution in [2.75, 3.05) is 42.6 Å². The van der Waals surface area contributed by atoms with Crippen molar-refractivity contribution < 1.29 is 5.11 Å².